The van der Waals surface area contributed by atoms with E-state index in [1.165, 1.54) is 0 Å². The summed E-state index contributed by atoms with van der Waals surface area (Å²) in [6.07, 6.45) is 0. The average molecular weight is 262 g/mol. The summed E-state index contributed by atoms with van der Waals surface area (Å²) in [6.45, 7) is 2.78. The Labute approximate surface area is 127 Å². The third-order valence-electron chi connectivity index (χ3n) is 2.14. The van der Waals surface area contributed by atoms with Crippen molar-refractivity contribution in [3.8, 4) is 11.4 Å². The molecular weight excluding hydrogens is 253 g/mol. The second-order valence-corrected chi connectivity index (χ2v) is 3.86. The van der Waals surface area contributed by atoms with Gasteiger partial charge in [-0.1, -0.05) is 11.6 Å². The molecule has 0 N–H and O–H groups in total. The van der Waals surface area contributed by atoms with Gasteiger partial charge in [0.25, 0.3) is 0 Å². The summed E-state index contributed by atoms with van der Waals surface area (Å²) in [5, 5.41) is 9.16. The van der Waals surface area contributed by atoms with E-state index in [-0.39, 0.29) is 29.6 Å². The molecule has 0 unspecified atom stereocenters. The predicted molar refractivity (Wildman–Crippen MR) is 67.5 cm³/mol. The van der Waals surface area contributed by atoms with Gasteiger partial charge in [0.1, 0.15) is 0 Å². The van der Waals surface area contributed by atoms with Crippen molar-refractivity contribution in [3.63, 3.8) is 0 Å². The van der Waals surface area contributed by atoms with Crippen LogP contribution in [0.15, 0.2) is 29.4 Å². The van der Waals surface area contributed by atoms with Gasteiger partial charge in [0.2, 0.25) is 0 Å². The van der Waals surface area contributed by atoms with Crippen LogP contribution in [0.1, 0.15) is 6.92 Å². The Kier molecular flexibility index (Phi) is 5.21. The first-order valence-electron chi connectivity index (χ1n) is 4.58. The molecule has 0 aliphatic rings. The molecule has 16 heavy (non-hydrogen) atoms. The summed E-state index contributed by atoms with van der Waals surface area (Å²) in [7, 11) is 0. The van der Waals surface area contributed by atoms with E-state index in [9.17, 15) is 0 Å². The van der Waals surface area contributed by atoms with E-state index in [1.807, 2.05) is 35.8 Å². The Morgan fingerprint density at radius 3 is 2.44 bits per heavy atom. The van der Waals surface area contributed by atoms with Crippen molar-refractivity contribution in [2.75, 3.05) is 0 Å². The van der Waals surface area contributed by atoms with Gasteiger partial charge >= 0.3 is 0 Å². The Balaban J connectivity index is 0.00000128. The molecule has 2 aromatic rings. The van der Waals surface area contributed by atoms with Crippen molar-refractivity contribution in [1.82, 2.24) is 14.8 Å². The summed E-state index contributed by atoms with van der Waals surface area (Å²) >= 11 is 10.9. The molecule has 0 saturated heterocycles. The maximum absolute atomic E-state index is 5.81. The molecule has 0 atom stereocenters. The molecular formula is C10H9ClN3NaS-. The molecule has 0 aliphatic carbocycles. The Bertz CT molecular complexity index is 469. The number of rotatable bonds is 2. The van der Waals surface area contributed by atoms with Gasteiger partial charge in [-0.2, -0.15) is 5.10 Å². The molecule has 1 heterocycles. The van der Waals surface area contributed by atoms with Gasteiger partial charge in [-0.25, -0.2) is 0 Å². The van der Waals surface area contributed by atoms with E-state index >= 15 is 0 Å². The second-order valence-electron chi connectivity index (χ2n) is 3.06. The summed E-state index contributed by atoms with van der Waals surface area (Å²) in [4.78, 5) is 0. The van der Waals surface area contributed by atoms with E-state index in [0.29, 0.717) is 10.2 Å². The molecule has 79 valence electrons. The largest absolute Gasteiger partial charge is 0.740 e. The van der Waals surface area contributed by atoms with Gasteiger partial charge in [0.05, 0.1) is 0 Å². The van der Waals surface area contributed by atoms with Crippen LogP contribution in [0, 0.1) is 0 Å². The number of hydrogen-bond donors (Lipinski definition) is 0. The minimum atomic E-state index is 0. The van der Waals surface area contributed by atoms with Crippen molar-refractivity contribution in [3.05, 3.63) is 29.3 Å². The summed E-state index contributed by atoms with van der Waals surface area (Å²) < 4.78 is 1.89. The van der Waals surface area contributed by atoms with Gasteiger partial charge < -0.3 is 17.2 Å². The Morgan fingerprint density at radius 2 is 1.88 bits per heavy atom. The third-order valence-corrected chi connectivity index (χ3v) is 2.69. The van der Waals surface area contributed by atoms with Crippen LogP contribution < -0.4 is 0 Å². The molecule has 1 aromatic heterocycles. The number of hydrogen-bond acceptors (Lipinski definition) is 3. The van der Waals surface area contributed by atoms with E-state index in [0.717, 1.165) is 17.9 Å². The monoisotopic (exact) mass is 261 g/mol. The van der Waals surface area contributed by atoms with Crippen LogP contribution >= 0.6 is 11.6 Å². The van der Waals surface area contributed by atoms with Crippen LogP contribution in [-0.2, 0) is 19.2 Å². The predicted octanol–water partition coefficient (Wildman–Crippen LogP) is 2.14. The van der Waals surface area contributed by atoms with Crippen LogP contribution in [0.2, 0.25) is 5.02 Å². The van der Waals surface area contributed by atoms with Crippen molar-refractivity contribution in [2.45, 2.75) is 18.6 Å². The smallest absolute Gasteiger partial charge is 0.162 e. The Morgan fingerprint density at radius 1 is 1.25 bits per heavy atom. The van der Waals surface area contributed by atoms with Gasteiger partial charge in [0.15, 0.2) is 5.82 Å². The molecule has 1 radical (unpaired) electrons. The SMILES string of the molecule is CCn1c([S-])nnc1-c1ccc(Cl)cc1.[Na]. The number of aromatic nitrogens is 3. The van der Waals surface area contributed by atoms with Crippen LogP contribution in [0.5, 0.6) is 0 Å². The molecule has 0 bridgehead atoms. The fourth-order valence-electron chi connectivity index (χ4n) is 1.39. The fourth-order valence-corrected chi connectivity index (χ4v) is 1.77. The van der Waals surface area contributed by atoms with E-state index in [1.54, 1.807) is 0 Å². The topological polar surface area (TPSA) is 30.7 Å². The molecule has 0 fully saturated rings. The van der Waals surface area contributed by atoms with E-state index in [2.05, 4.69) is 10.2 Å². The molecule has 0 aliphatic heterocycles. The minimum absolute atomic E-state index is 0. The minimum Gasteiger partial charge on any atom is -0.740 e. The number of halogens is 1. The first kappa shape index (κ1) is 13.9. The second kappa shape index (κ2) is 5.98. The molecule has 6 heteroatoms. The van der Waals surface area contributed by atoms with Gasteiger partial charge in [-0.3, -0.25) is 0 Å². The maximum Gasteiger partial charge on any atom is 0.162 e. The van der Waals surface area contributed by atoms with Crippen LogP contribution in [0.4, 0.5) is 0 Å². The van der Waals surface area contributed by atoms with Crippen molar-refractivity contribution < 1.29 is 0 Å². The summed E-state index contributed by atoms with van der Waals surface area (Å²) in [5.41, 5.74) is 0.977. The molecule has 3 nitrogen and oxygen atoms in total. The van der Waals surface area contributed by atoms with Gasteiger partial charge in [-0.05, 0) is 31.2 Å². The standard InChI is InChI=1S/C10H10ClN3S.Na/c1-2-14-9(12-13-10(14)15)7-3-5-8(11)6-4-7;/h3-6H,2H2,1H3,(H,13,15);/p-1. The fraction of sp³-hybridized carbons (Fsp3) is 0.200. The number of nitrogens with zero attached hydrogens (tertiary/aromatic N) is 3. The van der Waals surface area contributed by atoms with Crippen LogP contribution in [0.3, 0.4) is 0 Å². The maximum atomic E-state index is 5.81. The van der Waals surface area contributed by atoms with Gasteiger partial charge in [-0.15, -0.1) is 5.10 Å². The zero-order valence-corrected chi connectivity index (χ0v) is 12.7. The van der Waals surface area contributed by atoms with E-state index in [4.69, 9.17) is 24.2 Å². The normalized spacial score (nSPS) is 9.88. The zero-order valence-electron chi connectivity index (χ0n) is 9.14. The quantitative estimate of drug-likeness (QED) is 0.613. The average Bonchev–Trinajstić information content (AvgIpc) is 2.61. The first-order valence-corrected chi connectivity index (χ1v) is 5.37. The molecule has 2 rings (SSSR count). The van der Waals surface area contributed by atoms with Crippen molar-refractivity contribution >= 4 is 53.8 Å². The van der Waals surface area contributed by atoms with Crippen molar-refractivity contribution in [1.29, 1.82) is 0 Å². The molecule has 0 amide bonds. The van der Waals surface area contributed by atoms with Crippen LogP contribution in [0.25, 0.3) is 11.4 Å². The summed E-state index contributed by atoms with van der Waals surface area (Å²) in [6, 6.07) is 7.48. The molecule has 0 spiro atoms. The van der Waals surface area contributed by atoms with Crippen molar-refractivity contribution in [2.24, 2.45) is 0 Å². The van der Waals surface area contributed by atoms with E-state index < -0.39 is 0 Å². The zero-order chi connectivity index (χ0) is 10.8. The molecule has 1 aromatic carbocycles. The van der Waals surface area contributed by atoms with Gasteiger partial charge in [0, 0.05) is 51.8 Å². The first-order chi connectivity index (χ1) is 7.22. The number of benzene rings is 1. The summed E-state index contributed by atoms with van der Waals surface area (Å²) in [5.74, 6) is 0.791. The molecule has 0 saturated carbocycles. The Hall–Kier alpha value is -0.130. The third kappa shape index (κ3) is 2.76. The van der Waals surface area contributed by atoms with Crippen LogP contribution in [-0.4, -0.2) is 44.3 Å².